The van der Waals surface area contributed by atoms with E-state index in [0.717, 1.165) is 36.8 Å². The van der Waals surface area contributed by atoms with E-state index >= 15 is 0 Å². The Kier molecular flexibility index (Phi) is 3.02. The third kappa shape index (κ3) is 2.06. The van der Waals surface area contributed by atoms with E-state index in [1.165, 1.54) is 23.2 Å². The van der Waals surface area contributed by atoms with Crippen LogP contribution in [-0.2, 0) is 12.8 Å². The molecule has 0 amide bonds. The van der Waals surface area contributed by atoms with Crippen LogP contribution in [0.1, 0.15) is 41.9 Å². The summed E-state index contributed by atoms with van der Waals surface area (Å²) in [6.07, 6.45) is 3.35. The molecule has 108 valence electrons. The predicted molar refractivity (Wildman–Crippen MR) is 82.0 cm³/mol. The second kappa shape index (κ2) is 5.02. The zero-order chi connectivity index (χ0) is 14.2. The minimum atomic E-state index is 0.157. The lowest BCUT2D eigenvalue weighted by Crippen LogP contribution is -2.13. The van der Waals surface area contributed by atoms with Gasteiger partial charge in [0.25, 0.3) is 0 Å². The SMILES string of the molecule is CCNc1nc(C2COc3ccccc32)nc2c1CCC2. The molecule has 0 saturated heterocycles. The Morgan fingerprint density at radius 1 is 1.24 bits per heavy atom. The van der Waals surface area contributed by atoms with Gasteiger partial charge in [0.05, 0.1) is 5.92 Å². The summed E-state index contributed by atoms with van der Waals surface area (Å²) in [4.78, 5) is 9.66. The van der Waals surface area contributed by atoms with Gasteiger partial charge in [-0.25, -0.2) is 9.97 Å². The van der Waals surface area contributed by atoms with Crippen molar-refractivity contribution < 1.29 is 4.74 Å². The van der Waals surface area contributed by atoms with Crippen molar-refractivity contribution in [2.75, 3.05) is 18.5 Å². The van der Waals surface area contributed by atoms with E-state index in [2.05, 4.69) is 24.4 Å². The Hall–Kier alpha value is -2.10. The van der Waals surface area contributed by atoms with Crippen LogP contribution in [0.5, 0.6) is 5.75 Å². The quantitative estimate of drug-likeness (QED) is 0.939. The third-order valence-corrected chi connectivity index (χ3v) is 4.31. The average Bonchev–Trinajstić information content (AvgIpc) is 3.13. The van der Waals surface area contributed by atoms with E-state index in [4.69, 9.17) is 14.7 Å². The highest BCUT2D eigenvalue weighted by atomic mass is 16.5. The Labute approximate surface area is 124 Å². The summed E-state index contributed by atoms with van der Waals surface area (Å²) in [5.41, 5.74) is 3.74. The maximum absolute atomic E-state index is 5.78. The van der Waals surface area contributed by atoms with Gasteiger partial charge in [0.1, 0.15) is 24.0 Å². The van der Waals surface area contributed by atoms with E-state index in [9.17, 15) is 0 Å². The normalized spacial score (nSPS) is 19.0. The second-order valence-corrected chi connectivity index (χ2v) is 5.64. The van der Waals surface area contributed by atoms with Crippen LogP contribution >= 0.6 is 0 Å². The molecule has 1 aromatic heterocycles. The summed E-state index contributed by atoms with van der Waals surface area (Å²) < 4.78 is 5.78. The molecule has 4 heteroatoms. The molecule has 1 aliphatic heterocycles. The van der Waals surface area contributed by atoms with Gasteiger partial charge in [-0.15, -0.1) is 0 Å². The first-order chi connectivity index (χ1) is 10.4. The second-order valence-electron chi connectivity index (χ2n) is 5.64. The number of fused-ring (bicyclic) bond motifs is 2. The van der Waals surface area contributed by atoms with Crippen molar-refractivity contribution >= 4 is 5.82 Å². The van der Waals surface area contributed by atoms with Crippen LogP contribution in [0.2, 0.25) is 0 Å². The number of nitrogens with zero attached hydrogens (tertiary/aromatic N) is 2. The standard InChI is InChI=1S/C17H19N3O/c1-2-18-16-12-7-5-8-14(12)19-17(20-16)13-10-21-15-9-4-3-6-11(13)15/h3-4,6,9,13H,2,5,7-8,10H2,1H3,(H,18,19,20). The van der Waals surface area contributed by atoms with E-state index in [0.29, 0.717) is 6.61 Å². The fourth-order valence-electron chi connectivity index (χ4n) is 3.30. The van der Waals surface area contributed by atoms with E-state index < -0.39 is 0 Å². The summed E-state index contributed by atoms with van der Waals surface area (Å²) in [5, 5.41) is 3.40. The average molecular weight is 281 g/mol. The number of ether oxygens (including phenoxy) is 1. The van der Waals surface area contributed by atoms with Gasteiger partial charge in [-0.2, -0.15) is 0 Å². The fourth-order valence-corrected chi connectivity index (χ4v) is 3.30. The molecule has 0 fully saturated rings. The molecule has 1 N–H and O–H groups in total. The van der Waals surface area contributed by atoms with Crippen LogP contribution in [0, 0.1) is 0 Å². The summed E-state index contributed by atoms with van der Waals surface area (Å²) in [5.74, 6) is 3.05. The number of aromatic nitrogens is 2. The van der Waals surface area contributed by atoms with Gasteiger partial charge >= 0.3 is 0 Å². The van der Waals surface area contributed by atoms with Crippen molar-refractivity contribution in [3.05, 3.63) is 46.9 Å². The molecule has 2 heterocycles. The molecule has 2 aliphatic rings. The van der Waals surface area contributed by atoms with Crippen molar-refractivity contribution in [1.82, 2.24) is 9.97 Å². The molecule has 4 rings (SSSR count). The van der Waals surface area contributed by atoms with Gasteiger partial charge in [0, 0.05) is 23.4 Å². The molecule has 21 heavy (non-hydrogen) atoms. The van der Waals surface area contributed by atoms with Crippen LogP contribution in [0.4, 0.5) is 5.82 Å². The van der Waals surface area contributed by atoms with Crippen LogP contribution < -0.4 is 10.1 Å². The van der Waals surface area contributed by atoms with E-state index in [-0.39, 0.29) is 5.92 Å². The first kappa shape index (κ1) is 12.6. The number of hydrogen-bond acceptors (Lipinski definition) is 4. The lowest BCUT2D eigenvalue weighted by atomic mass is 10.0. The molecule has 0 saturated carbocycles. The first-order valence-electron chi connectivity index (χ1n) is 7.72. The smallest absolute Gasteiger partial charge is 0.142 e. The van der Waals surface area contributed by atoms with Gasteiger partial charge in [-0.05, 0) is 32.3 Å². The highest BCUT2D eigenvalue weighted by Crippen LogP contribution is 2.38. The molecule has 4 nitrogen and oxygen atoms in total. The van der Waals surface area contributed by atoms with Gasteiger partial charge < -0.3 is 10.1 Å². The molecule has 1 aromatic carbocycles. The van der Waals surface area contributed by atoms with E-state index in [1.54, 1.807) is 0 Å². The highest BCUT2D eigenvalue weighted by Gasteiger charge is 2.30. The van der Waals surface area contributed by atoms with Gasteiger partial charge in [0.15, 0.2) is 0 Å². The molecule has 0 radical (unpaired) electrons. The number of para-hydroxylation sites is 1. The van der Waals surface area contributed by atoms with Crippen molar-refractivity contribution in [3.8, 4) is 5.75 Å². The minimum Gasteiger partial charge on any atom is -0.492 e. The molecule has 1 aliphatic carbocycles. The van der Waals surface area contributed by atoms with Crippen LogP contribution in [0.15, 0.2) is 24.3 Å². The summed E-state index contributed by atoms with van der Waals surface area (Å²) in [6, 6.07) is 8.21. The molecular weight excluding hydrogens is 262 g/mol. The lowest BCUT2D eigenvalue weighted by Gasteiger charge is -2.14. The number of nitrogens with one attached hydrogen (secondary N) is 1. The van der Waals surface area contributed by atoms with Crippen molar-refractivity contribution in [2.45, 2.75) is 32.1 Å². The molecule has 1 atom stereocenters. The number of hydrogen-bond donors (Lipinski definition) is 1. The first-order valence-corrected chi connectivity index (χ1v) is 7.72. The van der Waals surface area contributed by atoms with Crippen molar-refractivity contribution in [1.29, 1.82) is 0 Å². The monoisotopic (exact) mass is 281 g/mol. The van der Waals surface area contributed by atoms with Crippen LogP contribution in [0.3, 0.4) is 0 Å². The minimum absolute atomic E-state index is 0.157. The maximum atomic E-state index is 5.78. The van der Waals surface area contributed by atoms with Crippen molar-refractivity contribution in [3.63, 3.8) is 0 Å². The predicted octanol–water partition coefficient (Wildman–Crippen LogP) is 2.92. The maximum Gasteiger partial charge on any atom is 0.142 e. The zero-order valence-corrected chi connectivity index (χ0v) is 12.2. The Morgan fingerprint density at radius 3 is 3.05 bits per heavy atom. The number of aryl methyl sites for hydroxylation is 1. The van der Waals surface area contributed by atoms with Gasteiger partial charge in [-0.1, -0.05) is 18.2 Å². The van der Waals surface area contributed by atoms with Gasteiger partial charge in [-0.3, -0.25) is 0 Å². The highest BCUT2D eigenvalue weighted by molar-refractivity contribution is 5.51. The third-order valence-electron chi connectivity index (χ3n) is 4.31. The summed E-state index contributed by atoms with van der Waals surface area (Å²) >= 11 is 0. The molecule has 0 bridgehead atoms. The summed E-state index contributed by atoms with van der Waals surface area (Å²) in [6.45, 7) is 3.64. The number of anilines is 1. The molecule has 1 unspecified atom stereocenters. The lowest BCUT2D eigenvalue weighted by molar-refractivity contribution is 0.339. The topological polar surface area (TPSA) is 47.0 Å². The molecule has 0 spiro atoms. The molecule has 2 aromatic rings. The summed E-state index contributed by atoms with van der Waals surface area (Å²) in [7, 11) is 0. The number of rotatable bonds is 3. The number of benzene rings is 1. The zero-order valence-electron chi connectivity index (χ0n) is 12.2. The largest absolute Gasteiger partial charge is 0.492 e. The van der Waals surface area contributed by atoms with Gasteiger partial charge in [0.2, 0.25) is 0 Å². The van der Waals surface area contributed by atoms with E-state index in [1.807, 2.05) is 12.1 Å². The van der Waals surface area contributed by atoms with Crippen LogP contribution in [-0.4, -0.2) is 23.1 Å². The molecular formula is C17H19N3O. The Bertz CT molecular complexity index is 684. The Morgan fingerprint density at radius 2 is 2.14 bits per heavy atom. The Balaban J connectivity index is 1.78. The van der Waals surface area contributed by atoms with Crippen LogP contribution in [0.25, 0.3) is 0 Å². The van der Waals surface area contributed by atoms with Crippen molar-refractivity contribution in [2.24, 2.45) is 0 Å². The fraction of sp³-hybridized carbons (Fsp3) is 0.412.